The van der Waals surface area contributed by atoms with Gasteiger partial charge in [0.2, 0.25) is 0 Å². The molecule has 0 radical (unpaired) electrons. The number of aromatic nitrogens is 3. The number of halogens is 2. The van der Waals surface area contributed by atoms with Gasteiger partial charge in [0.05, 0.1) is 6.20 Å². The van der Waals surface area contributed by atoms with E-state index in [2.05, 4.69) is 15.4 Å². The van der Waals surface area contributed by atoms with Crippen LogP contribution >= 0.6 is 0 Å². The van der Waals surface area contributed by atoms with Crippen molar-refractivity contribution in [3.63, 3.8) is 0 Å². The number of anilines is 3. The molecule has 2 N–H and O–H groups in total. The van der Waals surface area contributed by atoms with Gasteiger partial charge in [-0.25, -0.2) is 26.8 Å². The average Bonchev–Trinajstić information content (AvgIpc) is 3.14. The fourth-order valence-electron chi connectivity index (χ4n) is 2.81. The van der Waals surface area contributed by atoms with Crippen molar-refractivity contribution in [2.75, 3.05) is 9.62 Å². The molecule has 1 amide bonds. The number of benzene rings is 2. The fourth-order valence-corrected chi connectivity index (χ4v) is 3.40. The summed E-state index contributed by atoms with van der Waals surface area (Å²) >= 11 is -2.84. The van der Waals surface area contributed by atoms with Gasteiger partial charge in [-0.1, -0.05) is 24.3 Å². The minimum absolute atomic E-state index is 0.0353. The molecule has 0 saturated heterocycles. The van der Waals surface area contributed by atoms with Crippen molar-refractivity contribution in [1.29, 1.82) is 0 Å². The molecule has 1 unspecified atom stereocenters. The predicted octanol–water partition coefficient (Wildman–Crippen LogP) is 3.53. The molecule has 2 aromatic heterocycles. The van der Waals surface area contributed by atoms with Crippen molar-refractivity contribution in [1.82, 2.24) is 14.6 Å². The molecular weight excluding hydrogens is 416 g/mol. The standard InChI is InChI=1S/C19H13F2N5O3S/c20-14-7-4-8-15(21)17(14)26(30(28)29)16-9-10-25-18(24-16)13(11-22-25)19(27)23-12-5-2-1-3-6-12/h1-11H,(H,23,27)(H,28,29). The summed E-state index contributed by atoms with van der Waals surface area (Å²) in [5.74, 6) is -2.86. The van der Waals surface area contributed by atoms with Crippen molar-refractivity contribution in [3.8, 4) is 0 Å². The molecule has 1 atom stereocenters. The fraction of sp³-hybridized carbons (Fsp3) is 0. The normalized spacial score (nSPS) is 12.0. The number of carbonyl (C=O) groups excluding carboxylic acids is 1. The highest BCUT2D eigenvalue weighted by atomic mass is 32.2. The van der Waals surface area contributed by atoms with Gasteiger partial charge in [-0.2, -0.15) is 5.10 Å². The maximum atomic E-state index is 14.2. The minimum atomic E-state index is -2.84. The van der Waals surface area contributed by atoms with Gasteiger partial charge in [-0.3, -0.25) is 9.35 Å². The van der Waals surface area contributed by atoms with E-state index in [1.807, 2.05) is 0 Å². The van der Waals surface area contributed by atoms with Crippen LogP contribution in [0.4, 0.5) is 26.0 Å². The number of nitrogens with zero attached hydrogens (tertiary/aromatic N) is 4. The Labute approximate surface area is 171 Å². The third-order valence-electron chi connectivity index (χ3n) is 4.14. The first-order chi connectivity index (χ1) is 14.5. The van der Waals surface area contributed by atoms with Crippen LogP contribution < -0.4 is 9.62 Å². The SMILES string of the molecule is O=C(Nc1ccccc1)c1cnn2ccc(N(c3c(F)cccc3F)S(=O)O)nc12. The van der Waals surface area contributed by atoms with Crippen molar-refractivity contribution < 1.29 is 22.3 Å². The van der Waals surface area contributed by atoms with Gasteiger partial charge in [0.1, 0.15) is 11.3 Å². The topological polar surface area (TPSA) is 99.8 Å². The molecule has 0 saturated carbocycles. The second kappa shape index (κ2) is 7.97. The van der Waals surface area contributed by atoms with Gasteiger partial charge in [-0.15, -0.1) is 0 Å². The second-order valence-corrected chi connectivity index (χ2v) is 6.85. The van der Waals surface area contributed by atoms with Crippen LogP contribution in [0.3, 0.4) is 0 Å². The average molecular weight is 429 g/mol. The van der Waals surface area contributed by atoms with Gasteiger partial charge >= 0.3 is 0 Å². The Morgan fingerprint density at radius 1 is 1.07 bits per heavy atom. The molecule has 0 spiro atoms. The molecule has 0 aliphatic heterocycles. The lowest BCUT2D eigenvalue weighted by Crippen LogP contribution is -2.23. The monoisotopic (exact) mass is 429 g/mol. The largest absolute Gasteiger partial charge is 0.322 e. The number of rotatable bonds is 5. The smallest absolute Gasteiger partial charge is 0.268 e. The lowest BCUT2D eigenvalue weighted by molar-refractivity contribution is 0.102. The number of fused-ring (bicyclic) bond motifs is 1. The van der Waals surface area contributed by atoms with E-state index >= 15 is 0 Å². The van der Waals surface area contributed by atoms with E-state index in [0.29, 0.717) is 9.99 Å². The number of hydrogen-bond donors (Lipinski definition) is 2. The number of amides is 1. The zero-order valence-electron chi connectivity index (χ0n) is 15.1. The summed E-state index contributed by atoms with van der Waals surface area (Å²) in [6.45, 7) is 0. The molecule has 8 nitrogen and oxygen atoms in total. The molecule has 11 heteroatoms. The van der Waals surface area contributed by atoms with E-state index in [1.54, 1.807) is 30.3 Å². The highest BCUT2D eigenvalue weighted by Gasteiger charge is 2.25. The molecule has 4 rings (SSSR count). The van der Waals surface area contributed by atoms with E-state index in [9.17, 15) is 22.3 Å². The summed E-state index contributed by atoms with van der Waals surface area (Å²) in [6, 6.07) is 13.0. The first kappa shape index (κ1) is 19.6. The molecule has 0 fully saturated rings. The summed E-state index contributed by atoms with van der Waals surface area (Å²) in [6.07, 6.45) is 2.63. The molecule has 0 aliphatic carbocycles. The van der Waals surface area contributed by atoms with Crippen molar-refractivity contribution in [2.24, 2.45) is 0 Å². The highest BCUT2D eigenvalue weighted by Crippen LogP contribution is 2.31. The molecule has 0 aliphatic rings. The first-order valence-corrected chi connectivity index (χ1v) is 9.58. The third-order valence-corrected chi connectivity index (χ3v) is 4.82. The Bertz CT molecular complexity index is 1250. The van der Waals surface area contributed by atoms with E-state index in [-0.39, 0.29) is 17.0 Å². The van der Waals surface area contributed by atoms with Crippen LogP contribution in [0.15, 0.2) is 67.0 Å². The van der Waals surface area contributed by atoms with E-state index in [0.717, 1.165) is 18.2 Å². The Balaban J connectivity index is 1.78. The molecule has 0 bridgehead atoms. The van der Waals surface area contributed by atoms with Gasteiger partial charge in [0.15, 0.2) is 23.1 Å². The quantitative estimate of drug-likeness (QED) is 0.473. The van der Waals surface area contributed by atoms with E-state index in [1.165, 1.54) is 23.0 Å². The number of nitrogens with one attached hydrogen (secondary N) is 1. The lowest BCUT2D eigenvalue weighted by Gasteiger charge is -2.20. The Morgan fingerprint density at radius 3 is 2.43 bits per heavy atom. The summed E-state index contributed by atoms with van der Waals surface area (Å²) in [5.41, 5.74) is -0.0963. The van der Waals surface area contributed by atoms with Gasteiger partial charge < -0.3 is 5.32 Å². The molecular formula is C19H13F2N5O3S. The first-order valence-electron chi connectivity index (χ1n) is 8.51. The van der Waals surface area contributed by atoms with Crippen LogP contribution in [0.1, 0.15) is 10.4 Å². The summed E-state index contributed by atoms with van der Waals surface area (Å²) in [5, 5.41) is 6.71. The summed E-state index contributed by atoms with van der Waals surface area (Å²) < 4.78 is 51.8. The van der Waals surface area contributed by atoms with Crippen LogP contribution in [-0.2, 0) is 11.3 Å². The van der Waals surface area contributed by atoms with Gasteiger partial charge in [0, 0.05) is 18.0 Å². The van der Waals surface area contributed by atoms with Crippen LogP contribution in [-0.4, -0.2) is 29.3 Å². The number of carbonyl (C=O) groups is 1. The van der Waals surface area contributed by atoms with Crippen LogP contribution in [0.2, 0.25) is 0 Å². The zero-order valence-corrected chi connectivity index (χ0v) is 15.9. The van der Waals surface area contributed by atoms with Crippen LogP contribution in [0, 0.1) is 11.6 Å². The molecule has 30 heavy (non-hydrogen) atoms. The summed E-state index contributed by atoms with van der Waals surface area (Å²) in [7, 11) is 0. The summed E-state index contributed by atoms with van der Waals surface area (Å²) in [4.78, 5) is 16.8. The van der Waals surface area contributed by atoms with Crippen LogP contribution in [0.25, 0.3) is 5.65 Å². The Morgan fingerprint density at radius 2 is 1.77 bits per heavy atom. The highest BCUT2D eigenvalue weighted by molar-refractivity contribution is 7.81. The van der Waals surface area contributed by atoms with Gasteiger partial charge in [-0.05, 0) is 24.3 Å². The molecule has 152 valence electrons. The van der Waals surface area contributed by atoms with Crippen LogP contribution in [0.5, 0.6) is 0 Å². The van der Waals surface area contributed by atoms with Crippen molar-refractivity contribution in [3.05, 3.63) is 84.2 Å². The van der Waals surface area contributed by atoms with Crippen molar-refractivity contribution >= 4 is 40.0 Å². The van der Waals surface area contributed by atoms with Gasteiger partial charge in [0.25, 0.3) is 17.2 Å². The minimum Gasteiger partial charge on any atom is -0.322 e. The predicted molar refractivity (Wildman–Crippen MR) is 107 cm³/mol. The molecule has 2 aromatic carbocycles. The van der Waals surface area contributed by atoms with E-state index < -0.39 is 34.5 Å². The lowest BCUT2D eigenvalue weighted by atomic mass is 10.2. The zero-order chi connectivity index (χ0) is 21.3. The maximum absolute atomic E-state index is 14.2. The maximum Gasteiger partial charge on any atom is 0.268 e. The molecule has 2 heterocycles. The van der Waals surface area contributed by atoms with E-state index in [4.69, 9.17) is 0 Å². The third kappa shape index (κ3) is 3.63. The second-order valence-electron chi connectivity index (χ2n) is 6.03. The Hall–Kier alpha value is -3.70. The van der Waals surface area contributed by atoms with Crippen molar-refractivity contribution in [2.45, 2.75) is 0 Å². The number of hydrogen-bond acceptors (Lipinski definition) is 4. The molecule has 4 aromatic rings. The Kier molecular flexibility index (Phi) is 5.21. The number of para-hydroxylation sites is 2.